The van der Waals surface area contributed by atoms with Gasteiger partial charge < -0.3 is 15.2 Å². The van der Waals surface area contributed by atoms with Gasteiger partial charge in [0, 0.05) is 42.3 Å². The van der Waals surface area contributed by atoms with E-state index in [1.165, 1.54) is 12.1 Å². The standard InChI is InChI=1S/C29H31ClF3NO6S/c30-22-6-3-16(28(36)34-20-13-23(31)27(33)24(32)14-20)10-26(22)41(38,39)21-11-18-4-5-19(12-21)29(18,37)8-7-25(35)17-2-1-9-40-15-17/h3,6,10,13-14,17-19,21,37H,1-2,4-5,7-9,11-12,15H2,(H,34,36)/t17?,18-,19?,21?,29?/m0/s1. The van der Waals surface area contributed by atoms with Gasteiger partial charge in [-0.1, -0.05) is 11.6 Å². The lowest BCUT2D eigenvalue weighted by atomic mass is 9.71. The smallest absolute Gasteiger partial charge is 0.255 e. The molecule has 0 spiro atoms. The first-order chi connectivity index (χ1) is 19.4. The zero-order valence-corrected chi connectivity index (χ0v) is 23.7. The van der Waals surface area contributed by atoms with Gasteiger partial charge in [-0.15, -0.1) is 0 Å². The fourth-order valence-corrected chi connectivity index (χ4v) is 9.07. The molecule has 12 heteroatoms. The van der Waals surface area contributed by atoms with Crippen molar-refractivity contribution in [2.24, 2.45) is 17.8 Å². The van der Waals surface area contributed by atoms with Crippen molar-refractivity contribution < 1.29 is 41.0 Å². The van der Waals surface area contributed by atoms with E-state index in [-0.39, 0.29) is 70.4 Å². The van der Waals surface area contributed by atoms with Gasteiger partial charge in [0.1, 0.15) is 5.78 Å². The maximum atomic E-state index is 13.8. The van der Waals surface area contributed by atoms with Crippen molar-refractivity contribution in [3.05, 3.63) is 58.4 Å². The Morgan fingerprint density at radius 1 is 1.05 bits per heavy atom. The third-order valence-electron chi connectivity index (χ3n) is 8.94. The molecule has 3 aliphatic rings. The minimum absolute atomic E-state index is 0.0697. The van der Waals surface area contributed by atoms with Gasteiger partial charge in [0.25, 0.3) is 5.91 Å². The Hall–Kier alpha value is -2.47. The number of anilines is 1. The van der Waals surface area contributed by atoms with E-state index in [4.69, 9.17) is 16.3 Å². The van der Waals surface area contributed by atoms with E-state index in [1.807, 2.05) is 0 Å². The predicted octanol–water partition coefficient (Wildman–Crippen LogP) is 5.48. The Balaban J connectivity index is 1.30. The SMILES string of the molecule is O=C(Nc1cc(F)c(F)c(F)c1)c1ccc(Cl)c(S(=O)(=O)C2CC3CC[C@@H](C2)C3(O)CCC(=O)C2CCCOC2)c1. The summed E-state index contributed by atoms with van der Waals surface area (Å²) in [6.45, 7) is 1.06. The Morgan fingerprint density at radius 2 is 1.71 bits per heavy atom. The summed E-state index contributed by atoms with van der Waals surface area (Å²) in [4.78, 5) is 25.2. The van der Waals surface area contributed by atoms with Crippen LogP contribution in [0.25, 0.3) is 0 Å². The molecule has 2 N–H and O–H groups in total. The normalized spacial score (nSPS) is 27.9. The first-order valence-electron chi connectivity index (χ1n) is 13.7. The molecule has 222 valence electrons. The fraction of sp³-hybridized carbons (Fsp3) is 0.517. The van der Waals surface area contributed by atoms with Crippen molar-refractivity contribution >= 4 is 38.8 Å². The van der Waals surface area contributed by atoms with Gasteiger partial charge >= 0.3 is 0 Å². The minimum Gasteiger partial charge on any atom is -0.389 e. The van der Waals surface area contributed by atoms with Crippen molar-refractivity contribution in [2.75, 3.05) is 18.5 Å². The van der Waals surface area contributed by atoms with E-state index in [2.05, 4.69) is 5.32 Å². The van der Waals surface area contributed by atoms with Crippen LogP contribution in [0.4, 0.5) is 18.9 Å². The first-order valence-corrected chi connectivity index (χ1v) is 15.6. The molecule has 2 saturated carbocycles. The summed E-state index contributed by atoms with van der Waals surface area (Å²) in [6.07, 6.45) is 3.79. The quantitative estimate of drug-likeness (QED) is 0.382. The highest BCUT2D eigenvalue weighted by Gasteiger charge is 2.55. The monoisotopic (exact) mass is 613 g/mol. The number of carbonyl (C=O) groups is 2. The van der Waals surface area contributed by atoms with Gasteiger partial charge in [0.2, 0.25) is 0 Å². The molecule has 0 aromatic heterocycles. The van der Waals surface area contributed by atoms with Crippen molar-refractivity contribution in [3.8, 4) is 0 Å². The molecule has 1 amide bonds. The number of ketones is 1. The molecule has 7 nitrogen and oxygen atoms in total. The molecule has 41 heavy (non-hydrogen) atoms. The number of rotatable bonds is 8. The molecule has 0 radical (unpaired) electrons. The summed E-state index contributed by atoms with van der Waals surface area (Å²) in [7, 11) is -4.04. The maximum Gasteiger partial charge on any atom is 0.255 e. The van der Waals surface area contributed by atoms with Crippen LogP contribution in [0.1, 0.15) is 61.7 Å². The van der Waals surface area contributed by atoms with Crippen LogP contribution in [0.15, 0.2) is 35.2 Å². The Labute approximate surface area is 241 Å². The fourth-order valence-electron chi connectivity index (χ4n) is 6.67. The third kappa shape index (κ3) is 5.91. The number of ether oxygens (including phenoxy) is 1. The molecular formula is C29H31ClF3NO6S. The molecule has 4 unspecified atom stereocenters. The number of nitrogens with one attached hydrogen (secondary N) is 1. The number of halogens is 4. The lowest BCUT2D eigenvalue weighted by Crippen LogP contribution is -2.48. The van der Waals surface area contributed by atoms with Gasteiger partial charge in [-0.05, 0) is 75.0 Å². The van der Waals surface area contributed by atoms with E-state index in [9.17, 15) is 36.3 Å². The first kappa shape index (κ1) is 30.0. The molecule has 1 aliphatic heterocycles. The summed E-state index contributed by atoms with van der Waals surface area (Å²) >= 11 is 6.28. The zero-order chi connectivity index (χ0) is 29.5. The topological polar surface area (TPSA) is 110 Å². The molecule has 2 aromatic carbocycles. The van der Waals surface area contributed by atoms with Crippen LogP contribution in [0.5, 0.6) is 0 Å². The number of aliphatic hydroxyl groups is 1. The average molecular weight is 614 g/mol. The van der Waals surface area contributed by atoms with Crippen LogP contribution < -0.4 is 5.32 Å². The molecule has 5 atom stereocenters. The van der Waals surface area contributed by atoms with Crippen molar-refractivity contribution in [1.82, 2.24) is 0 Å². The number of Topliss-reactive ketones (excluding diaryl/α,β-unsaturated/α-hetero) is 1. The second kappa shape index (κ2) is 11.7. The Morgan fingerprint density at radius 3 is 2.32 bits per heavy atom. The van der Waals surface area contributed by atoms with E-state index in [0.29, 0.717) is 38.2 Å². The largest absolute Gasteiger partial charge is 0.389 e. The van der Waals surface area contributed by atoms with Crippen LogP contribution in [-0.2, 0) is 19.4 Å². The van der Waals surface area contributed by atoms with E-state index in [0.717, 1.165) is 18.9 Å². The van der Waals surface area contributed by atoms with Crippen molar-refractivity contribution in [2.45, 2.75) is 67.1 Å². The Bertz CT molecular complexity index is 1430. The summed E-state index contributed by atoms with van der Waals surface area (Å²) in [5, 5.41) is 12.9. The lowest BCUT2D eigenvalue weighted by Gasteiger charge is -2.42. The minimum atomic E-state index is -4.04. The predicted molar refractivity (Wildman–Crippen MR) is 145 cm³/mol. The number of hydrogen-bond donors (Lipinski definition) is 2. The van der Waals surface area contributed by atoms with E-state index < -0.39 is 44.0 Å². The molecule has 2 bridgehead atoms. The molecule has 2 aliphatic carbocycles. The zero-order valence-electron chi connectivity index (χ0n) is 22.2. The number of hydrogen-bond acceptors (Lipinski definition) is 6. The molecule has 1 heterocycles. The third-order valence-corrected chi connectivity index (χ3v) is 11.6. The summed E-state index contributed by atoms with van der Waals surface area (Å²) < 4.78 is 73.3. The summed E-state index contributed by atoms with van der Waals surface area (Å²) in [6, 6.07) is 4.85. The maximum absolute atomic E-state index is 13.8. The number of carbonyl (C=O) groups excluding carboxylic acids is 2. The number of fused-ring (bicyclic) bond motifs is 2. The van der Waals surface area contributed by atoms with Gasteiger partial charge in [-0.25, -0.2) is 21.6 Å². The molecular weight excluding hydrogens is 583 g/mol. The van der Waals surface area contributed by atoms with Gasteiger partial charge in [-0.3, -0.25) is 9.59 Å². The van der Waals surface area contributed by atoms with Gasteiger partial charge in [0.05, 0.1) is 27.4 Å². The number of benzene rings is 2. The summed E-state index contributed by atoms with van der Waals surface area (Å²) in [5.41, 5.74) is -1.59. The van der Waals surface area contributed by atoms with Crippen molar-refractivity contribution in [1.29, 1.82) is 0 Å². The van der Waals surface area contributed by atoms with Crippen LogP contribution in [0.2, 0.25) is 5.02 Å². The van der Waals surface area contributed by atoms with Crippen molar-refractivity contribution in [3.63, 3.8) is 0 Å². The highest BCUT2D eigenvalue weighted by molar-refractivity contribution is 7.92. The second-order valence-electron chi connectivity index (χ2n) is 11.3. The van der Waals surface area contributed by atoms with E-state index >= 15 is 0 Å². The Kier molecular flexibility index (Phi) is 8.53. The van der Waals surface area contributed by atoms with Gasteiger partial charge in [0.15, 0.2) is 27.3 Å². The van der Waals surface area contributed by atoms with Crippen LogP contribution in [0, 0.1) is 35.2 Å². The highest BCUT2D eigenvalue weighted by atomic mass is 35.5. The van der Waals surface area contributed by atoms with Crippen LogP contribution in [0.3, 0.4) is 0 Å². The highest BCUT2D eigenvalue weighted by Crippen LogP contribution is 2.54. The van der Waals surface area contributed by atoms with Gasteiger partial charge in [-0.2, -0.15) is 0 Å². The van der Waals surface area contributed by atoms with Crippen LogP contribution in [-0.4, -0.2) is 49.3 Å². The summed E-state index contributed by atoms with van der Waals surface area (Å²) in [5.74, 6) is -6.21. The molecule has 1 saturated heterocycles. The molecule has 3 fully saturated rings. The molecule has 5 rings (SSSR count). The van der Waals surface area contributed by atoms with Crippen LogP contribution >= 0.6 is 11.6 Å². The van der Waals surface area contributed by atoms with E-state index in [1.54, 1.807) is 0 Å². The number of sulfone groups is 1. The second-order valence-corrected chi connectivity index (χ2v) is 13.9. The molecule has 2 aromatic rings. The lowest BCUT2D eigenvalue weighted by molar-refractivity contribution is -0.130. The average Bonchev–Trinajstić information content (AvgIpc) is 3.10. The number of amides is 1.